The SMILES string of the molecule is C=CC(=O)Nc1cccc(OC(=O)NC(C)C)c1. The first-order valence-electron chi connectivity index (χ1n) is 5.53. The first-order valence-corrected chi connectivity index (χ1v) is 5.53. The van der Waals surface area contributed by atoms with E-state index in [0.717, 1.165) is 0 Å². The van der Waals surface area contributed by atoms with Crippen molar-refractivity contribution >= 4 is 17.7 Å². The van der Waals surface area contributed by atoms with Gasteiger partial charge in [-0.1, -0.05) is 12.6 Å². The molecule has 96 valence electrons. The Kier molecular flexibility index (Phi) is 4.92. The average Bonchev–Trinajstić information content (AvgIpc) is 2.28. The number of ether oxygens (including phenoxy) is 1. The average molecular weight is 248 g/mol. The number of carbonyl (C=O) groups excluding carboxylic acids is 2. The number of hydrogen-bond donors (Lipinski definition) is 2. The standard InChI is InChI=1S/C13H16N2O3/c1-4-12(16)15-10-6-5-7-11(8-10)18-13(17)14-9(2)3/h4-9H,1H2,2-3H3,(H,14,17)(H,15,16). The minimum absolute atomic E-state index is 0.00107. The van der Waals surface area contributed by atoms with Crippen LogP contribution < -0.4 is 15.4 Å². The zero-order chi connectivity index (χ0) is 13.5. The lowest BCUT2D eigenvalue weighted by Crippen LogP contribution is -2.32. The van der Waals surface area contributed by atoms with Crippen molar-refractivity contribution in [1.29, 1.82) is 0 Å². The van der Waals surface area contributed by atoms with Gasteiger partial charge in [-0.25, -0.2) is 4.79 Å². The van der Waals surface area contributed by atoms with Crippen molar-refractivity contribution in [2.24, 2.45) is 0 Å². The summed E-state index contributed by atoms with van der Waals surface area (Å²) in [5.74, 6) is 0.0359. The van der Waals surface area contributed by atoms with Gasteiger partial charge in [0, 0.05) is 17.8 Å². The van der Waals surface area contributed by atoms with Gasteiger partial charge in [0.25, 0.3) is 0 Å². The van der Waals surface area contributed by atoms with Crippen LogP contribution >= 0.6 is 0 Å². The summed E-state index contributed by atoms with van der Waals surface area (Å²) in [6.45, 7) is 7.02. The summed E-state index contributed by atoms with van der Waals surface area (Å²) in [6, 6.07) is 6.55. The second-order valence-electron chi connectivity index (χ2n) is 3.91. The number of carbonyl (C=O) groups is 2. The highest BCUT2D eigenvalue weighted by atomic mass is 16.6. The smallest absolute Gasteiger partial charge is 0.410 e. The zero-order valence-corrected chi connectivity index (χ0v) is 10.4. The topological polar surface area (TPSA) is 67.4 Å². The second-order valence-corrected chi connectivity index (χ2v) is 3.91. The van der Waals surface area contributed by atoms with Crippen molar-refractivity contribution in [2.75, 3.05) is 5.32 Å². The summed E-state index contributed by atoms with van der Waals surface area (Å²) < 4.78 is 5.05. The Morgan fingerprint density at radius 1 is 1.39 bits per heavy atom. The number of nitrogens with one attached hydrogen (secondary N) is 2. The van der Waals surface area contributed by atoms with Gasteiger partial charge in [-0.2, -0.15) is 0 Å². The summed E-state index contributed by atoms with van der Waals surface area (Å²) in [5, 5.41) is 5.18. The zero-order valence-electron chi connectivity index (χ0n) is 10.4. The van der Waals surface area contributed by atoms with Crippen LogP contribution in [0, 0.1) is 0 Å². The Bertz CT molecular complexity index is 455. The summed E-state index contributed by atoms with van der Waals surface area (Å²) >= 11 is 0. The number of hydrogen-bond acceptors (Lipinski definition) is 3. The number of anilines is 1. The van der Waals surface area contributed by atoms with Crippen molar-refractivity contribution in [3.8, 4) is 5.75 Å². The molecule has 0 atom stereocenters. The van der Waals surface area contributed by atoms with Crippen LogP contribution in [0.5, 0.6) is 5.75 Å². The Hall–Kier alpha value is -2.30. The van der Waals surface area contributed by atoms with Gasteiger partial charge in [-0.05, 0) is 32.1 Å². The van der Waals surface area contributed by atoms with E-state index in [2.05, 4.69) is 17.2 Å². The Labute approximate surface area is 106 Å². The van der Waals surface area contributed by atoms with E-state index in [1.54, 1.807) is 24.3 Å². The molecule has 2 amide bonds. The predicted octanol–water partition coefficient (Wildman–Crippen LogP) is 2.31. The quantitative estimate of drug-likeness (QED) is 0.803. The van der Waals surface area contributed by atoms with Gasteiger partial charge < -0.3 is 15.4 Å². The fourth-order valence-electron chi connectivity index (χ4n) is 1.20. The fraction of sp³-hybridized carbons (Fsp3) is 0.231. The highest BCUT2D eigenvalue weighted by molar-refractivity contribution is 5.99. The molecule has 0 aromatic heterocycles. The van der Waals surface area contributed by atoms with Gasteiger partial charge in [0.1, 0.15) is 5.75 Å². The van der Waals surface area contributed by atoms with E-state index in [9.17, 15) is 9.59 Å². The van der Waals surface area contributed by atoms with E-state index >= 15 is 0 Å². The molecule has 0 heterocycles. The third-order valence-corrected chi connectivity index (χ3v) is 1.90. The second kappa shape index (κ2) is 6.44. The minimum Gasteiger partial charge on any atom is -0.410 e. The highest BCUT2D eigenvalue weighted by Gasteiger charge is 2.06. The van der Waals surface area contributed by atoms with Crippen molar-refractivity contribution in [1.82, 2.24) is 5.32 Å². The molecule has 0 radical (unpaired) electrons. The number of amides is 2. The third-order valence-electron chi connectivity index (χ3n) is 1.90. The Morgan fingerprint density at radius 2 is 2.11 bits per heavy atom. The molecule has 1 aromatic rings. The van der Waals surface area contributed by atoms with E-state index in [0.29, 0.717) is 11.4 Å². The molecule has 2 N–H and O–H groups in total. The van der Waals surface area contributed by atoms with Crippen LogP contribution in [0.25, 0.3) is 0 Å². The maximum atomic E-state index is 11.4. The van der Waals surface area contributed by atoms with Crippen molar-refractivity contribution in [2.45, 2.75) is 19.9 Å². The minimum atomic E-state index is -0.530. The van der Waals surface area contributed by atoms with Crippen LogP contribution in [0.15, 0.2) is 36.9 Å². The molecular weight excluding hydrogens is 232 g/mol. The van der Waals surface area contributed by atoms with E-state index in [1.807, 2.05) is 13.8 Å². The molecule has 1 aromatic carbocycles. The molecule has 0 unspecified atom stereocenters. The summed E-state index contributed by atoms with van der Waals surface area (Å²) in [6.07, 6.45) is 0.635. The lowest BCUT2D eigenvalue weighted by atomic mass is 10.3. The third kappa shape index (κ3) is 4.69. The van der Waals surface area contributed by atoms with Gasteiger partial charge >= 0.3 is 6.09 Å². The van der Waals surface area contributed by atoms with Crippen molar-refractivity contribution in [3.05, 3.63) is 36.9 Å². The van der Waals surface area contributed by atoms with Crippen LogP contribution in [0.4, 0.5) is 10.5 Å². The molecule has 0 aliphatic heterocycles. The molecule has 1 rings (SSSR count). The summed E-state index contributed by atoms with van der Waals surface area (Å²) in [4.78, 5) is 22.5. The monoisotopic (exact) mass is 248 g/mol. The lowest BCUT2D eigenvalue weighted by molar-refractivity contribution is -0.111. The first-order chi connectivity index (χ1) is 8.51. The van der Waals surface area contributed by atoms with Gasteiger partial charge in [0.15, 0.2) is 0 Å². The maximum absolute atomic E-state index is 11.4. The van der Waals surface area contributed by atoms with Gasteiger partial charge in [-0.3, -0.25) is 4.79 Å². The van der Waals surface area contributed by atoms with Gasteiger partial charge in [0.05, 0.1) is 0 Å². The van der Waals surface area contributed by atoms with Crippen LogP contribution in [-0.4, -0.2) is 18.0 Å². The number of benzene rings is 1. The molecule has 0 saturated carbocycles. The van der Waals surface area contributed by atoms with Crippen LogP contribution in [0.2, 0.25) is 0 Å². The summed E-state index contributed by atoms with van der Waals surface area (Å²) in [5.41, 5.74) is 0.537. The summed E-state index contributed by atoms with van der Waals surface area (Å²) in [7, 11) is 0. The van der Waals surface area contributed by atoms with Crippen LogP contribution in [0.3, 0.4) is 0 Å². The largest absolute Gasteiger partial charge is 0.412 e. The predicted molar refractivity (Wildman–Crippen MR) is 69.6 cm³/mol. The van der Waals surface area contributed by atoms with E-state index in [-0.39, 0.29) is 11.9 Å². The highest BCUT2D eigenvalue weighted by Crippen LogP contribution is 2.17. The molecule has 0 fully saturated rings. The molecule has 0 aliphatic carbocycles. The molecule has 0 saturated heterocycles. The molecule has 5 nitrogen and oxygen atoms in total. The molecule has 0 bridgehead atoms. The van der Waals surface area contributed by atoms with Gasteiger partial charge in [0.2, 0.25) is 5.91 Å². The molecule has 0 spiro atoms. The fourth-order valence-corrected chi connectivity index (χ4v) is 1.20. The normalized spacial score (nSPS) is 9.72. The first kappa shape index (κ1) is 13.8. The van der Waals surface area contributed by atoms with E-state index in [1.165, 1.54) is 6.08 Å². The Morgan fingerprint density at radius 3 is 2.72 bits per heavy atom. The van der Waals surface area contributed by atoms with E-state index < -0.39 is 6.09 Å². The van der Waals surface area contributed by atoms with Crippen LogP contribution in [-0.2, 0) is 4.79 Å². The van der Waals surface area contributed by atoms with Gasteiger partial charge in [-0.15, -0.1) is 0 Å². The van der Waals surface area contributed by atoms with E-state index in [4.69, 9.17) is 4.74 Å². The van der Waals surface area contributed by atoms with Crippen molar-refractivity contribution in [3.63, 3.8) is 0 Å². The molecule has 18 heavy (non-hydrogen) atoms. The van der Waals surface area contributed by atoms with Crippen LogP contribution in [0.1, 0.15) is 13.8 Å². The number of rotatable bonds is 4. The van der Waals surface area contributed by atoms with Crippen molar-refractivity contribution < 1.29 is 14.3 Å². The molecule has 5 heteroatoms. The molecule has 0 aliphatic rings. The maximum Gasteiger partial charge on any atom is 0.412 e. The Balaban J connectivity index is 2.67. The lowest BCUT2D eigenvalue weighted by Gasteiger charge is -2.10. The molecular formula is C13H16N2O3.